The molecule has 1 N–H and O–H groups in total. The highest BCUT2D eigenvalue weighted by molar-refractivity contribution is 5.64. The van der Waals surface area contributed by atoms with Crippen LogP contribution in [0.2, 0.25) is 0 Å². The molecule has 0 amide bonds. The quantitative estimate of drug-likeness (QED) is 0.650. The Kier molecular flexibility index (Phi) is 4.84. The van der Waals surface area contributed by atoms with Crippen molar-refractivity contribution >= 4 is 11.4 Å². The first kappa shape index (κ1) is 14.9. The lowest BCUT2D eigenvalue weighted by Crippen LogP contribution is -2.24. The van der Waals surface area contributed by atoms with Crippen molar-refractivity contribution in [3.63, 3.8) is 0 Å². The van der Waals surface area contributed by atoms with Crippen LogP contribution < -0.4 is 4.90 Å². The maximum Gasteiger partial charge on any atom is 0.292 e. The molecule has 1 unspecified atom stereocenters. The van der Waals surface area contributed by atoms with E-state index >= 15 is 0 Å². The summed E-state index contributed by atoms with van der Waals surface area (Å²) in [6.07, 6.45) is -0.754. The van der Waals surface area contributed by atoms with Crippen LogP contribution in [-0.2, 0) is 0 Å². The van der Waals surface area contributed by atoms with Gasteiger partial charge in [0.1, 0.15) is 5.69 Å². The zero-order valence-corrected chi connectivity index (χ0v) is 11.2. The lowest BCUT2D eigenvalue weighted by Gasteiger charge is -2.20. The predicted molar refractivity (Wildman–Crippen MR) is 71.8 cm³/mol. The fourth-order valence-electron chi connectivity index (χ4n) is 1.82. The van der Waals surface area contributed by atoms with Gasteiger partial charge in [0.2, 0.25) is 0 Å². The first-order chi connectivity index (χ1) is 8.86. The molecule has 0 bridgehead atoms. The van der Waals surface area contributed by atoms with E-state index in [1.54, 1.807) is 37.9 Å². The summed E-state index contributed by atoms with van der Waals surface area (Å²) in [6, 6.07) is 6.72. The van der Waals surface area contributed by atoms with Crippen molar-refractivity contribution in [3.8, 4) is 6.07 Å². The summed E-state index contributed by atoms with van der Waals surface area (Å²) in [4.78, 5) is 12.3. The van der Waals surface area contributed by atoms with Crippen LogP contribution in [0.15, 0.2) is 18.2 Å². The monoisotopic (exact) mass is 263 g/mol. The molecule has 102 valence electrons. The average Bonchev–Trinajstić information content (AvgIpc) is 2.37. The zero-order valence-electron chi connectivity index (χ0n) is 11.2. The molecule has 0 aliphatic heterocycles. The predicted octanol–water partition coefficient (Wildman–Crippen LogP) is 2.24. The lowest BCUT2D eigenvalue weighted by molar-refractivity contribution is -0.384. The minimum atomic E-state index is -0.754. The lowest BCUT2D eigenvalue weighted by atomic mass is 10.1. The zero-order chi connectivity index (χ0) is 14.6. The molecule has 0 radical (unpaired) electrons. The standard InChI is InChI=1S/C13H17N3O3/c1-9(7-14)8-15(3)12-5-4-11(10(2)17)6-13(12)16(18)19/h4-6,9-10,17H,8H2,1-3H3/t9?,10-/m1/s1. The third-order valence-corrected chi connectivity index (χ3v) is 2.86. The van der Waals surface area contributed by atoms with Crippen molar-refractivity contribution in [2.45, 2.75) is 20.0 Å². The SMILES string of the molecule is CC(C#N)CN(C)c1ccc([C@@H](C)O)cc1[N+](=O)[O-]. The minimum Gasteiger partial charge on any atom is -0.389 e. The van der Waals surface area contributed by atoms with Gasteiger partial charge in [0.25, 0.3) is 5.69 Å². The van der Waals surface area contributed by atoms with Crippen molar-refractivity contribution < 1.29 is 10.0 Å². The van der Waals surface area contributed by atoms with E-state index in [-0.39, 0.29) is 11.6 Å². The molecule has 1 aromatic carbocycles. The summed E-state index contributed by atoms with van der Waals surface area (Å²) >= 11 is 0. The summed E-state index contributed by atoms with van der Waals surface area (Å²) in [5.41, 5.74) is 0.875. The van der Waals surface area contributed by atoms with Crippen LogP contribution in [0.4, 0.5) is 11.4 Å². The van der Waals surface area contributed by atoms with E-state index in [0.717, 1.165) is 0 Å². The van der Waals surface area contributed by atoms with E-state index in [0.29, 0.717) is 17.8 Å². The van der Waals surface area contributed by atoms with Crippen molar-refractivity contribution in [1.82, 2.24) is 0 Å². The Balaban J connectivity index is 3.13. The number of aliphatic hydroxyl groups excluding tert-OH is 1. The normalized spacial score (nSPS) is 13.4. The van der Waals surface area contributed by atoms with Gasteiger partial charge in [-0.2, -0.15) is 5.26 Å². The van der Waals surface area contributed by atoms with Crippen LogP contribution in [0.3, 0.4) is 0 Å². The number of nitrogens with zero attached hydrogens (tertiary/aromatic N) is 3. The molecule has 1 aromatic rings. The van der Waals surface area contributed by atoms with Crippen LogP contribution in [0.1, 0.15) is 25.5 Å². The van der Waals surface area contributed by atoms with Gasteiger partial charge in [-0.1, -0.05) is 6.07 Å². The maximum absolute atomic E-state index is 11.1. The number of benzene rings is 1. The molecule has 0 saturated heterocycles. The van der Waals surface area contributed by atoms with Gasteiger partial charge in [0, 0.05) is 19.7 Å². The van der Waals surface area contributed by atoms with E-state index in [2.05, 4.69) is 6.07 Å². The smallest absolute Gasteiger partial charge is 0.292 e. The molecular weight excluding hydrogens is 246 g/mol. The molecule has 0 spiro atoms. The largest absolute Gasteiger partial charge is 0.389 e. The van der Waals surface area contributed by atoms with Crippen LogP contribution in [-0.4, -0.2) is 23.6 Å². The molecule has 0 aliphatic carbocycles. The second-order valence-electron chi connectivity index (χ2n) is 4.59. The summed E-state index contributed by atoms with van der Waals surface area (Å²) in [6.45, 7) is 3.72. The Bertz CT molecular complexity index is 508. The Labute approximate surface area is 112 Å². The number of aliphatic hydroxyl groups is 1. The average molecular weight is 263 g/mol. The topological polar surface area (TPSA) is 90.4 Å². The van der Waals surface area contributed by atoms with Gasteiger partial charge >= 0.3 is 0 Å². The van der Waals surface area contributed by atoms with E-state index in [4.69, 9.17) is 5.26 Å². The fraction of sp³-hybridized carbons (Fsp3) is 0.462. The summed E-state index contributed by atoms with van der Waals surface area (Å²) < 4.78 is 0. The van der Waals surface area contributed by atoms with Crippen LogP contribution in [0.25, 0.3) is 0 Å². The van der Waals surface area contributed by atoms with E-state index in [1.165, 1.54) is 6.07 Å². The summed E-state index contributed by atoms with van der Waals surface area (Å²) in [7, 11) is 1.71. The minimum absolute atomic E-state index is 0.0639. The third kappa shape index (κ3) is 3.66. The molecule has 19 heavy (non-hydrogen) atoms. The highest BCUT2D eigenvalue weighted by Gasteiger charge is 2.20. The first-order valence-electron chi connectivity index (χ1n) is 5.94. The van der Waals surface area contributed by atoms with Gasteiger partial charge in [-0.3, -0.25) is 10.1 Å². The molecule has 1 rings (SSSR count). The molecular formula is C13H17N3O3. The Hall–Kier alpha value is -2.13. The first-order valence-corrected chi connectivity index (χ1v) is 5.94. The number of hydrogen-bond acceptors (Lipinski definition) is 5. The van der Waals surface area contributed by atoms with Gasteiger partial charge in [0.05, 0.1) is 23.0 Å². The fourth-order valence-corrected chi connectivity index (χ4v) is 1.82. The van der Waals surface area contributed by atoms with Gasteiger partial charge in [0.15, 0.2) is 0 Å². The molecule has 0 fully saturated rings. The van der Waals surface area contributed by atoms with Crippen molar-refractivity contribution in [2.24, 2.45) is 5.92 Å². The molecule has 6 nitrogen and oxygen atoms in total. The second kappa shape index (κ2) is 6.16. The third-order valence-electron chi connectivity index (χ3n) is 2.86. The number of hydrogen-bond donors (Lipinski definition) is 1. The van der Waals surface area contributed by atoms with Crippen LogP contribution in [0, 0.1) is 27.4 Å². The van der Waals surface area contributed by atoms with Crippen LogP contribution in [0.5, 0.6) is 0 Å². The molecule has 0 aromatic heterocycles. The van der Waals surface area contributed by atoms with Gasteiger partial charge in [-0.25, -0.2) is 0 Å². The number of rotatable bonds is 5. The molecule has 0 aliphatic rings. The van der Waals surface area contributed by atoms with Gasteiger partial charge < -0.3 is 10.0 Å². The Morgan fingerprint density at radius 2 is 2.16 bits per heavy atom. The molecule has 2 atom stereocenters. The molecule has 6 heteroatoms. The van der Waals surface area contributed by atoms with E-state index < -0.39 is 11.0 Å². The second-order valence-corrected chi connectivity index (χ2v) is 4.59. The maximum atomic E-state index is 11.1. The van der Waals surface area contributed by atoms with Crippen molar-refractivity contribution in [2.75, 3.05) is 18.5 Å². The number of anilines is 1. The summed E-state index contributed by atoms with van der Waals surface area (Å²) in [5.74, 6) is -0.221. The van der Waals surface area contributed by atoms with Crippen molar-refractivity contribution in [1.29, 1.82) is 5.26 Å². The highest BCUT2D eigenvalue weighted by atomic mass is 16.6. The highest BCUT2D eigenvalue weighted by Crippen LogP contribution is 2.30. The number of nitro groups is 1. The van der Waals surface area contributed by atoms with Gasteiger partial charge in [-0.15, -0.1) is 0 Å². The van der Waals surface area contributed by atoms with E-state index in [1.807, 2.05) is 0 Å². The number of nitriles is 1. The Morgan fingerprint density at radius 1 is 1.53 bits per heavy atom. The van der Waals surface area contributed by atoms with E-state index in [9.17, 15) is 15.2 Å². The van der Waals surface area contributed by atoms with Crippen LogP contribution >= 0.6 is 0 Å². The number of nitro benzene ring substituents is 1. The van der Waals surface area contributed by atoms with Gasteiger partial charge in [-0.05, 0) is 25.5 Å². The molecule has 0 heterocycles. The summed E-state index contributed by atoms with van der Waals surface area (Å²) in [5, 5.41) is 29.3. The molecule has 0 saturated carbocycles. The van der Waals surface area contributed by atoms with Crippen molar-refractivity contribution in [3.05, 3.63) is 33.9 Å². The Morgan fingerprint density at radius 3 is 2.63 bits per heavy atom.